The number of hydrogen-bond donors (Lipinski definition) is 5. The van der Waals surface area contributed by atoms with Crippen LogP contribution in [0, 0.1) is 13.8 Å². The highest BCUT2D eigenvalue weighted by molar-refractivity contribution is 5.48. The third-order valence-corrected chi connectivity index (χ3v) is 3.00. The van der Waals surface area contributed by atoms with Gasteiger partial charge in [0, 0.05) is 12.2 Å². The number of benzene rings is 1. The van der Waals surface area contributed by atoms with E-state index in [4.69, 9.17) is 5.11 Å². The van der Waals surface area contributed by atoms with E-state index >= 15 is 0 Å². The third-order valence-electron chi connectivity index (χ3n) is 3.00. The smallest absolute Gasteiger partial charge is 0.110 e. The van der Waals surface area contributed by atoms with Crippen molar-refractivity contribution in [1.82, 2.24) is 0 Å². The molecule has 18 heavy (non-hydrogen) atoms. The largest absolute Gasteiger partial charge is 0.394 e. The first-order valence-electron chi connectivity index (χ1n) is 5.92. The van der Waals surface area contributed by atoms with Crippen molar-refractivity contribution in [1.29, 1.82) is 0 Å². The first kappa shape index (κ1) is 14.9. The van der Waals surface area contributed by atoms with E-state index < -0.39 is 24.9 Å². The Balaban J connectivity index is 2.51. The highest BCUT2D eigenvalue weighted by atomic mass is 16.4. The van der Waals surface area contributed by atoms with E-state index in [1.807, 2.05) is 32.0 Å². The lowest BCUT2D eigenvalue weighted by atomic mass is 10.1. The summed E-state index contributed by atoms with van der Waals surface area (Å²) in [6.45, 7) is 3.51. The van der Waals surface area contributed by atoms with Gasteiger partial charge in [-0.3, -0.25) is 0 Å². The molecular weight excluding hydrogens is 234 g/mol. The number of anilines is 1. The molecule has 5 N–H and O–H groups in total. The summed E-state index contributed by atoms with van der Waals surface area (Å²) < 4.78 is 0. The number of aliphatic hydroxyl groups excluding tert-OH is 4. The van der Waals surface area contributed by atoms with Gasteiger partial charge in [0.15, 0.2) is 0 Å². The van der Waals surface area contributed by atoms with Gasteiger partial charge >= 0.3 is 0 Å². The van der Waals surface area contributed by atoms with Crippen LogP contribution in [0.15, 0.2) is 18.2 Å². The minimum atomic E-state index is -1.37. The second-order valence-electron chi connectivity index (χ2n) is 4.49. The van der Waals surface area contributed by atoms with Gasteiger partial charge in [-0.05, 0) is 37.1 Å². The Morgan fingerprint density at radius 2 is 1.72 bits per heavy atom. The molecule has 0 aliphatic carbocycles. The Hall–Kier alpha value is -1.14. The van der Waals surface area contributed by atoms with E-state index in [2.05, 4.69) is 5.32 Å². The van der Waals surface area contributed by atoms with E-state index in [1.54, 1.807) is 0 Å². The van der Waals surface area contributed by atoms with Crippen molar-refractivity contribution in [2.45, 2.75) is 32.2 Å². The highest BCUT2D eigenvalue weighted by Gasteiger charge is 2.23. The van der Waals surface area contributed by atoms with E-state index in [-0.39, 0.29) is 6.54 Å². The van der Waals surface area contributed by atoms with Crippen LogP contribution >= 0.6 is 0 Å². The molecule has 0 fully saturated rings. The van der Waals surface area contributed by atoms with Gasteiger partial charge in [0.05, 0.1) is 12.7 Å². The van der Waals surface area contributed by atoms with Gasteiger partial charge in [0.1, 0.15) is 12.2 Å². The molecule has 0 unspecified atom stereocenters. The van der Waals surface area contributed by atoms with Crippen molar-refractivity contribution in [3.05, 3.63) is 29.3 Å². The fourth-order valence-electron chi connectivity index (χ4n) is 1.56. The minimum absolute atomic E-state index is 0.0979. The molecule has 0 saturated heterocycles. The molecule has 0 spiro atoms. The summed E-state index contributed by atoms with van der Waals surface area (Å²) in [5, 5.41) is 39.9. The van der Waals surface area contributed by atoms with E-state index in [9.17, 15) is 15.3 Å². The van der Waals surface area contributed by atoms with E-state index in [1.165, 1.54) is 5.56 Å². The maximum absolute atomic E-state index is 9.62. The second-order valence-corrected chi connectivity index (χ2v) is 4.49. The summed E-state index contributed by atoms with van der Waals surface area (Å²) >= 11 is 0. The molecule has 102 valence electrons. The Labute approximate surface area is 107 Å². The number of aryl methyl sites for hydroxylation is 2. The number of nitrogens with one attached hydrogen (secondary N) is 1. The predicted molar refractivity (Wildman–Crippen MR) is 69.5 cm³/mol. The Bertz CT molecular complexity index is 383. The Morgan fingerprint density at radius 1 is 1.06 bits per heavy atom. The minimum Gasteiger partial charge on any atom is -0.394 e. The van der Waals surface area contributed by atoms with Gasteiger partial charge in [0.25, 0.3) is 0 Å². The lowest BCUT2D eigenvalue weighted by Gasteiger charge is -2.22. The average Bonchev–Trinajstić information content (AvgIpc) is 2.37. The number of rotatable bonds is 6. The van der Waals surface area contributed by atoms with E-state index in [0.29, 0.717) is 0 Å². The second kappa shape index (κ2) is 6.70. The summed E-state index contributed by atoms with van der Waals surface area (Å²) in [6.07, 6.45) is -3.84. The van der Waals surface area contributed by atoms with Crippen molar-refractivity contribution in [3.63, 3.8) is 0 Å². The van der Waals surface area contributed by atoms with Crippen LogP contribution in [0.3, 0.4) is 0 Å². The van der Waals surface area contributed by atoms with Crippen LogP contribution in [0.25, 0.3) is 0 Å². The molecule has 0 radical (unpaired) electrons. The summed E-state index contributed by atoms with van der Waals surface area (Å²) in [5.74, 6) is 0. The van der Waals surface area contributed by atoms with Crippen molar-refractivity contribution < 1.29 is 20.4 Å². The zero-order valence-electron chi connectivity index (χ0n) is 10.7. The van der Waals surface area contributed by atoms with E-state index in [0.717, 1.165) is 11.3 Å². The summed E-state index contributed by atoms with van der Waals surface area (Å²) in [4.78, 5) is 0. The van der Waals surface area contributed by atoms with Crippen LogP contribution < -0.4 is 5.32 Å². The van der Waals surface area contributed by atoms with Gasteiger partial charge in [-0.2, -0.15) is 0 Å². The maximum atomic E-state index is 9.62. The quantitative estimate of drug-likeness (QED) is 0.485. The van der Waals surface area contributed by atoms with Gasteiger partial charge in [-0.1, -0.05) is 6.07 Å². The number of aliphatic hydroxyl groups is 4. The Kier molecular flexibility index (Phi) is 5.55. The Morgan fingerprint density at radius 3 is 2.28 bits per heavy atom. The molecule has 0 bridgehead atoms. The van der Waals surface area contributed by atoms with Gasteiger partial charge in [-0.25, -0.2) is 0 Å². The molecule has 0 aliphatic heterocycles. The maximum Gasteiger partial charge on any atom is 0.110 e. The fraction of sp³-hybridized carbons (Fsp3) is 0.538. The topological polar surface area (TPSA) is 93.0 Å². The zero-order valence-corrected chi connectivity index (χ0v) is 10.7. The molecule has 0 aliphatic rings. The van der Waals surface area contributed by atoms with Crippen LogP contribution in [-0.2, 0) is 0 Å². The molecule has 5 heteroatoms. The van der Waals surface area contributed by atoms with Crippen LogP contribution in [0.2, 0.25) is 0 Å². The first-order chi connectivity index (χ1) is 8.45. The molecular formula is C13H21NO4. The molecule has 1 rings (SSSR count). The van der Waals surface area contributed by atoms with Crippen molar-refractivity contribution >= 4 is 5.69 Å². The van der Waals surface area contributed by atoms with Crippen LogP contribution in [-0.4, -0.2) is 51.9 Å². The molecule has 1 aromatic carbocycles. The summed E-state index contributed by atoms with van der Waals surface area (Å²) in [6, 6.07) is 5.78. The standard InChI is InChI=1S/C13H21NO4/c1-8-3-4-10(5-9(8)2)14-6-11(16)13(18)12(17)7-15/h3-5,11-18H,6-7H2,1-2H3/t11-,12+,13+/m1/s1. The zero-order chi connectivity index (χ0) is 13.7. The van der Waals surface area contributed by atoms with Crippen molar-refractivity contribution in [2.75, 3.05) is 18.5 Å². The summed E-state index contributed by atoms with van der Waals surface area (Å²) in [7, 11) is 0. The normalized spacial score (nSPS) is 16.1. The summed E-state index contributed by atoms with van der Waals surface area (Å²) in [5.41, 5.74) is 3.14. The van der Waals surface area contributed by atoms with Crippen molar-refractivity contribution in [2.24, 2.45) is 0 Å². The molecule has 0 saturated carbocycles. The van der Waals surface area contributed by atoms with Gasteiger partial charge < -0.3 is 25.7 Å². The molecule has 5 nitrogen and oxygen atoms in total. The average molecular weight is 255 g/mol. The molecule has 0 aromatic heterocycles. The van der Waals surface area contributed by atoms with Gasteiger partial charge in [-0.15, -0.1) is 0 Å². The molecule has 0 heterocycles. The lowest BCUT2D eigenvalue weighted by Crippen LogP contribution is -2.42. The molecule has 1 aromatic rings. The third kappa shape index (κ3) is 3.96. The SMILES string of the molecule is Cc1ccc(NC[C@@H](O)[C@H](O)[C@@H](O)CO)cc1C. The lowest BCUT2D eigenvalue weighted by molar-refractivity contribution is -0.0715. The fourth-order valence-corrected chi connectivity index (χ4v) is 1.56. The predicted octanol–water partition coefficient (Wildman–Crippen LogP) is -0.210. The van der Waals surface area contributed by atoms with Crippen LogP contribution in [0.1, 0.15) is 11.1 Å². The monoisotopic (exact) mass is 255 g/mol. The molecule has 0 amide bonds. The van der Waals surface area contributed by atoms with Gasteiger partial charge in [0.2, 0.25) is 0 Å². The first-order valence-corrected chi connectivity index (χ1v) is 5.92. The number of hydrogen-bond acceptors (Lipinski definition) is 5. The van der Waals surface area contributed by atoms with Crippen molar-refractivity contribution in [3.8, 4) is 0 Å². The van der Waals surface area contributed by atoms with Crippen LogP contribution in [0.5, 0.6) is 0 Å². The highest BCUT2D eigenvalue weighted by Crippen LogP contribution is 2.14. The van der Waals surface area contributed by atoms with Crippen LogP contribution in [0.4, 0.5) is 5.69 Å². The molecule has 3 atom stereocenters.